The molecule has 0 unspecified atom stereocenters. The van der Waals surface area contributed by atoms with E-state index in [4.69, 9.17) is 5.73 Å². The minimum Gasteiger partial charge on any atom is -0.370 e. The van der Waals surface area contributed by atoms with Crippen molar-refractivity contribution in [3.8, 4) is 0 Å². The first kappa shape index (κ1) is 16.5. The highest BCUT2D eigenvalue weighted by Crippen LogP contribution is 2.20. The molecule has 20 heavy (non-hydrogen) atoms. The Morgan fingerprint density at radius 3 is 2.45 bits per heavy atom. The number of anilines is 3. The second-order valence-electron chi connectivity index (χ2n) is 5.12. The number of hydrogen-bond acceptors (Lipinski definition) is 5. The minimum absolute atomic E-state index is 0.337. The van der Waals surface area contributed by atoms with Crippen LogP contribution in [0.4, 0.5) is 17.6 Å². The SMILES string of the molecule is CCCNc1cc(N(CC)CC(CC)CC)nc(N)n1. The highest BCUT2D eigenvalue weighted by molar-refractivity contribution is 5.52. The third-order valence-electron chi connectivity index (χ3n) is 3.63. The van der Waals surface area contributed by atoms with Gasteiger partial charge in [0.2, 0.25) is 5.95 Å². The number of nitrogens with zero attached hydrogens (tertiary/aromatic N) is 3. The summed E-state index contributed by atoms with van der Waals surface area (Å²) in [5, 5.41) is 3.28. The van der Waals surface area contributed by atoms with Crippen LogP contribution in [0.25, 0.3) is 0 Å². The van der Waals surface area contributed by atoms with Crippen LogP contribution in [0.1, 0.15) is 47.0 Å². The smallest absolute Gasteiger partial charge is 0.223 e. The van der Waals surface area contributed by atoms with Gasteiger partial charge in [0, 0.05) is 25.7 Å². The summed E-state index contributed by atoms with van der Waals surface area (Å²) in [5.41, 5.74) is 5.83. The molecule has 0 aromatic carbocycles. The van der Waals surface area contributed by atoms with Gasteiger partial charge >= 0.3 is 0 Å². The molecule has 5 heteroatoms. The zero-order valence-corrected chi connectivity index (χ0v) is 13.3. The maximum Gasteiger partial charge on any atom is 0.223 e. The predicted molar refractivity (Wildman–Crippen MR) is 87.2 cm³/mol. The Morgan fingerprint density at radius 2 is 1.90 bits per heavy atom. The number of hydrogen-bond donors (Lipinski definition) is 2. The van der Waals surface area contributed by atoms with E-state index in [1.165, 1.54) is 12.8 Å². The molecule has 1 heterocycles. The molecule has 0 aliphatic rings. The first-order chi connectivity index (χ1) is 9.64. The van der Waals surface area contributed by atoms with E-state index in [0.29, 0.717) is 11.9 Å². The van der Waals surface area contributed by atoms with Crippen molar-refractivity contribution in [3.63, 3.8) is 0 Å². The molecule has 0 aliphatic heterocycles. The van der Waals surface area contributed by atoms with Gasteiger partial charge in [-0.25, -0.2) is 0 Å². The topological polar surface area (TPSA) is 67.1 Å². The van der Waals surface area contributed by atoms with Crippen molar-refractivity contribution in [2.24, 2.45) is 5.92 Å². The summed E-state index contributed by atoms with van der Waals surface area (Å²) >= 11 is 0. The van der Waals surface area contributed by atoms with E-state index in [1.54, 1.807) is 0 Å². The maximum atomic E-state index is 5.83. The highest BCUT2D eigenvalue weighted by atomic mass is 15.2. The number of nitrogens with one attached hydrogen (secondary N) is 1. The van der Waals surface area contributed by atoms with Crippen molar-refractivity contribution in [3.05, 3.63) is 6.07 Å². The summed E-state index contributed by atoms with van der Waals surface area (Å²) in [6.45, 7) is 11.6. The van der Waals surface area contributed by atoms with Crippen LogP contribution in [0.15, 0.2) is 6.07 Å². The van der Waals surface area contributed by atoms with Crippen LogP contribution in [0, 0.1) is 5.92 Å². The van der Waals surface area contributed by atoms with E-state index in [2.05, 4.69) is 47.9 Å². The van der Waals surface area contributed by atoms with Gasteiger partial charge in [-0.1, -0.05) is 33.6 Å². The molecule has 3 N–H and O–H groups in total. The molecule has 1 aromatic rings. The van der Waals surface area contributed by atoms with Gasteiger partial charge in [-0.05, 0) is 19.3 Å². The fourth-order valence-corrected chi connectivity index (χ4v) is 2.20. The Balaban J connectivity index is 2.87. The van der Waals surface area contributed by atoms with Crippen molar-refractivity contribution >= 4 is 17.6 Å². The summed E-state index contributed by atoms with van der Waals surface area (Å²) in [6, 6.07) is 2.00. The van der Waals surface area contributed by atoms with Gasteiger partial charge in [-0.3, -0.25) is 0 Å². The normalized spacial score (nSPS) is 10.8. The molecule has 0 radical (unpaired) electrons. The predicted octanol–water partition coefficient (Wildman–Crippen LogP) is 3.14. The summed E-state index contributed by atoms with van der Waals surface area (Å²) in [7, 11) is 0. The molecule has 1 aromatic heterocycles. The average molecular weight is 279 g/mol. The summed E-state index contributed by atoms with van der Waals surface area (Å²) in [6.07, 6.45) is 3.44. The average Bonchev–Trinajstić information content (AvgIpc) is 2.46. The highest BCUT2D eigenvalue weighted by Gasteiger charge is 2.13. The first-order valence-corrected chi connectivity index (χ1v) is 7.77. The lowest BCUT2D eigenvalue weighted by atomic mass is 10.0. The second-order valence-corrected chi connectivity index (χ2v) is 5.12. The molecule has 0 bridgehead atoms. The van der Waals surface area contributed by atoms with Crippen LogP contribution < -0.4 is 16.0 Å². The van der Waals surface area contributed by atoms with E-state index >= 15 is 0 Å². The zero-order valence-electron chi connectivity index (χ0n) is 13.3. The van der Waals surface area contributed by atoms with Crippen LogP contribution >= 0.6 is 0 Å². The Labute approximate surface area is 123 Å². The first-order valence-electron chi connectivity index (χ1n) is 7.77. The Bertz CT molecular complexity index is 390. The number of nitrogen functional groups attached to an aromatic ring is 1. The van der Waals surface area contributed by atoms with Gasteiger partial charge in [-0.15, -0.1) is 0 Å². The minimum atomic E-state index is 0.337. The van der Waals surface area contributed by atoms with E-state index in [0.717, 1.165) is 37.7 Å². The van der Waals surface area contributed by atoms with Crippen LogP contribution in [0.2, 0.25) is 0 Å². The van der Waals surface area contributed by atoms with Crippen LogP contribution in [-0.4, -0.2) is 29.6 Å². The Hall–Kier alpha value is -1.52. The van der Waals surface area contributed by atoms with Crippen molar-refractivity contribution in [2.75, 3.05) is 35.6 Å². The molecular weight excluding hydrogens is 250 g/mol. The summed E-state index contributed by atoms with van der Waals surface area (Å²) < 4.78 is 0. The van der Waals surface area contributed by atoms with Crippen molar-refractivity contribution in [2.45, 2.75) is 47.0 Å². The van der Waals surface area contributed by atoms with Gasteiger partial charge in [0.05, 0.1) is 0 Å². The van der Waals surface area contributed by atoms with E-state index in [1.807, 2.05) is 6.07 Å². The second kappa shape index (κ2) is 8.61. The third kappa shape index (κ3) is 4.87. The molecule has 0 atom stereocenters. The van der Waals surface area contributed by atoms with Crippen molar-refractivity contribution < 1.29 is 0 Å². The lowest BCUT2D eigenvalue weighted by Gasteiger charge is -2.26. The Kier molecular flexibility index (Phi) is 7.12. The fourth-order valence-electron chi connectivity index (χ4n) is 2.20. The molecule has 0 fully saturated rings. The summed E-state index contributed by atoms with van der Waals surface area (Å²) in [4.78, 5) is 10.9. The Morgan fingerprint density at radius 1 is 1.20 bits per heavy atom. The fraction of sp³-hybridized carbons (Fsp3) is 0.733. The van der Waals surface area contributed by atoms with Gasteiger partial charge in [-0.2, -0.15) is 9.97 Å². The zero-order chi connectivity index (χ0) is 15.0. The summed E-state index contributed by atoms with van der Waals surface area (Å²) in [5.74, 6) is 2.77. The number of aromatic nitrogens is 2. The number of rotatable bonds is 9. The molecule has 0 amide bonds. The van der Waals surface area contributed by atoms with Crippen molar-refractivity contribution in [1.29, 1.82) is 0 Å². The van der Waals surface area contributed by atoms with Crippen LogP contribution in [0.3, 0.4) is 0 Å². The number of nitrogens with two attached hydrogens (primary N) is 1. The van der Waals surface area contributed by atoms with E-state index in [-0.39, 0.29) is 0 Å². The van der Waals surface area contributed by atoms with Crippen LogP contribution in [0.5, 0.6) is 0 Å². The molecule has 0 saturated heterocycles. The molecule has 1 rings (SSSR count). The molecule has 0 aliphatic carbocycles. The van der Waals surface area contributed by atoms with Gasteiger partial charge in [0.1, 0.15) is 11.6 Å². The van der Waals surface area contributed by atoms with Gasteiger partial charge in [0.15, 0.2) is 0 Å². The molecular formula is C15H29N5. The maximum absolute atomic E-state index is 5.83. The van der Waals surface area contributed by atoms with E-state index < -0.39 is 0 Å². The molecule has 0 saturated carbocycles. The van der Waals surface area contributed by atoms with Gasteiger partial charge in [0.25, 0.3) is 0 Å². The third-order valence-corrected chi connectivity index (χ3v) is 3.63. The molecule has 114 valence electrons. The van der Waals surface area contributed by atoms with Crippen molar-refractivity contribution in [1.82, 2.24) is 9.97 Å². The van der Waals surface area contributed by atoms with Crippen LogP contribution in [-0.2, 0) is 0 Å². The monoisotopic (exact) mass is 279 g/mol. The largest absolute Gasteiger partial charge is 0.370 e. The standard InChI is InChI=1S/C15H29N5/c1-5-9-17-13-10-14(19-15(16)18-13)20(8-4)11-12(6-2)7-3/h10,12H,5-9,11H2,1-4H3,(H3,16,17,18,19). The lowest BCUT2D eigenvalue weighted by Crippen LogP contribution is -2.30. The van der Waals surface area contributed by atoms with E-state index in [9.17, 15) is 0 Å². The molecule has 0 spiro atoms. The lowest BCUT2D eigenvalue weighted by molar-refractivity contribution is 0.484. The quantitative estimate of drug-likeness (QED) is 0.727. The molecule has 5 nitrogen and oxygen atoms in total. The van der Waals surface area contributed by atoms with Gasteiger partial charge < -0.3 is 16.0 Å².